The van der Waals surface area contributed by atoms with Crippen LogP contribution in [0.1, 0.15) is 12.5 Å². The first-order valence-electron chi connectivity index (χ1n) is 5.01. The van der Waals surface area contributed by atoms with Crippen molar-refractivity contribution < 1.29 is 4.39 Å². The van der Waals surface area contributed by atoms with Crippen LogP contribution >= 0.6 is 0 Å². The van der Waals surface area contributed by atoms with E-state index in [0.29, 0.717) is 12.6 Å². The molecule has 0 bridgehead atoms. The summed E-state index contributed by atoms with van der Waals surface area (Å²) in [6, 6.07) is 6.98. The van der Waals surface area contributed by atoms with E-state index in [4.69, 9.17) is 6.42 Å². The molecule has 1 aromatic rings. The van der Waals surface area contributed by atoms with Crippen LogP contribution in [0.25, 0.3) is 0 Å². The van der Waals surface area contributed by atoms with Crippen molar-refractivity contribution in [2.45, 2.75) is 19.4 Å². The Bertz CT molecular complexity index is 337. The van der Waals surface area contributed by atoms with Crippen molar-refractivity contribution in [3.8, 4) is 12.3 Å². The summed E-state index contributed by atoms with van der Waals surface area (Å²) in [6.07, 6.45) is 6.13. The van der Waals surface area contributed by atoms with E-state index in [2.05, 4.69) is 17.7 Å². The van der Waals surface area contributed by atoms with Gasteiger partial charge in [0, 0.05) is 6.04 Å². The molecule has 2 heteroatoms. The van der Waals surface area contributed by atoms with Gasteiger partial charge in [0.25, 0.3) is 0 Å². The van der Waals surface area contributed by atoms with Gasteiger partial charge in [0.15, 0.2) is 0 Å². The summed E-state index contributed by atoms with van der Waals surface area (Å²) in [5.41, 5.74) is 1.13. The topological polar surface area (TPSA) is 3.24 Å². The zero-order valence-electron chi connectivity index (χ0n) is 9.20. The summed E-state index contributed by atoms with van der Waals surface area (Å²) >= 11 is 0. The van der Waals surface area contributed by atoms with Gasteiger partial charge in [-0.3, -0.25) is 4.90 Å². The number of terminal acetylenes is 1. The first kappa shape index (κ1) is 11.7. The van der Waals surface area contributed by atoms with Crippen LogP contribution < -0.4 is 0 Å². The van der Waals surface area contributed by atoms with Crippen LogP contribution in [-0.2, 0) is 6.42 Å². The number of halogens is 1. The maximum absolute atomic E-state index is 12.7. The van der Waals surface area contributed by atoms with Crippen LogP contribution in [0.5, 0.6) is 0 Å². The molecule has 0 unspecified atom stereocenters. The van der Waals surface area contributed by atoms with Gasteiger partial charge in [-0.25, -0.2) is 4.39 Å². The number of rotatable bonds is 4. The summed E-state index contributed by atoms with van der Waals surface area (Å²) in [6.45, 7) is 2.75. The maximum atomic E-state index is 12.7. The van der Waals surface area contributed by atoms with Gasteiger partial charge in [-0.05, 0) is 38.1 Å². The molecular weight excluding hydrogens is 188 g/mol. The Kier molecular flexibility index (Phi) is 4.33. The van der Waals surface area contributed by atoms with Crippen LogP contribution in [0.3, 0.4) is 0 Å². The quantitative estimate of drug-likeness (QED) is 0.680. The van der Waals surface area contributed by atoms with Gasteiger partial charge in [-0.15, -0.1) is 6.42 Å². The maximum Gasteiger partial charge on any atom is 0.123 e. The van der Waals surface area contributed by atoms with Crippen molar-refractivity contribution in [1.82, 2.24) is 4.90 Å². The molecule has 0 saturated heterocycles. The Labute approximate surface area is 90.9 Å². The van der Waals surface area contributed by atoms with E-state index in [0.717, 1.165) is 12.0 Å². The summed E-state index contributed by atoms with van der Waals surface area (Å²) in [5.74, 6) is 2.42. The molecule has 1 atom stereocenters. The zero-order chi connectivity index (χ0) is 11.3. The molecule has 0 aliphatic heterocycles. The Hall–Kier alpha value is -1.33. The van der Waals surface area contributed by atoms with Gasteiger partial charge in [-0.1, -0.05) is 18.1 Å². The molecule has 0 saturated carbocycles. The van der Waals surface area contributed by atoms with Gasteiger partial charge < -0.3 is 0 Å². The first-order chi connectivity index (χ1) is 7.13. The lowest BCUT2D eigenvalue weighted by Gasteiger charge is -2.22. The van der Waals surface area contributed by atoms with Crippen molar-refractivity contribution in [1.29, 1.82) is 0 Å². The highest BCUT2D eigenvalue weighted by molar-refractivity contribution is 5.17. The minimum atomic E-state index is -0.191. The molecule has 1 aromatic carbocycles. The predicted octanol–water partition coefficient (Wildman–Crippen LogP) is 2.32. The smallest absolute Gasteiger partial charge is 0.123 e. The molecule has 0 fully saturated rings. The second-order valence-corrected chi connectivity index (χ2v) is 3.80. The Balaban J connectivity index is 2.55. The zero-order valence-corrected chi connectivity index (χ0v) is 9.20. The molecule has 1 rings (SSSR count). The highest BCUT2D eigenvalue weighted by atomic mass is 19.1. The van der Waals surface area contributed by atoms with Crippen LogP contribution in [0.4, 0.5) is 4.39 Å². The third-order valence-corrected chi connectivity index (χ3v) is 2.54. The SMILES string of the molecule is C#CCN([11CH3])[C@H](C)Cc1ccc(F)cc1. The number of benzene rings is 1. The lowest BCUT2D eigenvalue weighted by Crippen LogP contribution is -2.31. The minimum Gasteiger partial charge on any atom is -0.292 e. The van der Waals surface area contributed by atoms with Crippen molar-refractivity contribution in [2.24, 2.45) is 0 Å². The van der Waals surface area contributed by atoms with E-state index in [1.807, 2.05) is 19.2 Å². The Morgan fingerprint density at radius 3 is 2.53 bits per heavy atom. The monoisotopic (exact) mass is 204 g/mol. The van der Waals surface area contributed by atoms with E-state index in [1.165, 1.54) is 12.1 Å². The molecule has 1 nitrogen and oxygen atoms in total. The van der Waals surface area contributed by atoms with E-state index < -0.39 is 0 Å². The fraction of sp³-hybridized carbons (Fsp3) is 0.385. The van der Waals surface area contributed by atoms with Crippen LogP contribution in [0.15, 0.2) is 24.3 Å². The summed E-state index contributed by atoms with van der Waals surface area (Å²) < 4.78 is 12.7. The summed E-state index contributed by atoms with van der Waals surface area (Å²) in [5, 5.41) is 0. The molecule has 0 heterocycles. The third-order valence-electron chi connectivity index (χ3n) is 2.54. The van der Waals surface area contributed by atoms with Gasteiger partial charge in [0.2, 0.25) is 0 Å². The van der Waals surface area contributed by atoms with Gasteiger partial charge >= 0.3 is 0 Å². The second-order valence-electron chi connectivity index (χ2n) is 3.80. The molecule has 0 aliphatic rings. The van der Waals surface area contributed by atoms with E-state index >= 15 is 0 Å². The fourth-order valence-electron chi connectivity index (χ4n) is 1.42. The minimum absolute atomic E-state index is 0.191. The molecule has 0 spiro atoms. The fourth-order valence-corrected chi connectivity index (χ4v) is 1.42. The van der Waals surface area contributed by atoms with Crippen molar-refractivity contribution in [2.75, 3.05) is 13.6 Å². The first-order valence-corrected chi connectivity index (χ1v) is 5.01. The van der Waals surface area contributed by atoms with Gasteiger partial charge in [-0.2, -0.15) is 0 Å². The highest BCUT2D eigenvalue weighted by Gasteiger charge is 2.08. The van der Waals surface area contributed by atoms with Crippen LogP contribution in [0, 0.1) is 18.2 Å². The number of likely N-dealkylation sites (N-methyl/N-ethyl adjacent to an activating group) is 1. The van der Waals surface area contributed by atoms with Crippen molar-refractivity contribution >= 4 is 0 Å². The number of hydrogen-bond acceptors (Lipinski definition) is 1. The Morgan fingerprint density at radius 1 is 1.40 bits per heavy atom. The van der Waals surface area contributed by atoms with Crippen molar-refractivity contribution in [3.05, 3.63) is 35.6 Å². The largest absolute Gasteiger partial charge is 0.292 e. The standard InChI is InChI=1S/C13H16FN/c1-4-9-15(3)11(2)10-12-5-7-13(14)8-6-12/h1,5-8,11H,9-10H2,2-3H3/t11-/m1/s1/i3-1. The van der Waals surface area contributed by atoms with E-state index in [-0.39, 0.29) is 5.82 Å². The lowest BCUT2D eigenvalue weighted by molar-refractivity contribution is 0.287. The lowest BCUT2D eigenvalue weighted by atomic mass is 10.0. The predicted molar refractivity (Wildman–Crippen MR) is 61.0 cm³/mol. The highest BCUT2D eigenvalue weighted by Crippen LogP contribution is 2.08. The molecule has 0 radical (unpaired) electrons. The Morgan fingerprint density at radius 2 is 2.00 bits per heavy atom. The average molecular weight is 204 g/mol. The van der Waals surface area contributed by atoms with Crippen molar-refractivity contribution in [3.63, 3.8) is 0 Å². The summed E-state index contributed by atoms with van der Waals surface area (Å²) in [4.78, 5) is 2.10. The van der Waals surface area contributed by atoms with Gasteiger partial charge in [0.1, 0.15) is 5.82 Å². The van der Waals surface area contributed by atoms with Gasteiger partial charge in [0.05, 0.1) is 6.54 Å². The van der Waals surface area contributed by atoms with E-state index in [9.17, 15) is 4.39 Å². The normalized spacial score (nSPS) is 12.5. The molecule has 0 aliphatic carbocycles. The molecule has 0 amide bonds. The molecule has 0 N–H and O–H groups in total. The van der Waals surface area contributed by atoms with E-state index in [1.54, 1.807) is 0 Å². The summed E-state index contributed by atoms with van der Waals surface area (Å²) in [7, 11) is 1.99. The molecular formula is C13H16FN. The molecule has 15 heavy (non-hydrogen) atoms. The van der Waals surface area contributed by atoms with Crippen LogP contribution in [0.2, 0.25) is 0 Å². The molecule has 0 aromatic heterocycles. The number of hydrogen-bond donors (Lipinski definition) is 0. The van der Waals surface area contributed by atoms with Crippen LogP contribution in [-0.4, -0.2) is 24.5 Å². The third kappa shape index (κ3) is 3.73. The second kappa shape index (κ2) is 5.53. The number of nitrogens with zero attached hydrogens (tertiary/aromatic N) is 1. The average Bonchev–Trinajstić information content (AvgIpc) is 2.22. The molecule has 80 valence electrons.